The summed E-state index contributed by atoms with van der Waals surface area (Å²) in [7, 11) is 0. The summed E-state index contributed by atoms with van der Waals surface area (Å²) in [6.45, 7) is 2.24. The molecule has 0 atom stereocenters. The molecular weight excluding hydrogens is 244 g/mol. The summed E-state index contributed by atoms with van der Waals surface area (Å²) in [5.74, 6) is 1.28. The van der Waals surface area contributed by atoms with Gasteiger partial charge in [0, 0.05) is 11.6 Å². The molecule has 19 heavy (non-hydrogen) atoms. The first kappa shape index (κ1) is 13.2. The number of benzene rings is 1. The van der Waals surface area contributed by atoms with E-state index in [9.17, 15) is 5.11 Å². The Morgan fingerprint density at radius 1 is 1.21 bits per heavy atom. The maximum absolute atomic E-state index is 9.23. The molecule has 1 heterocycles. The van der Waals surface area contributed by atoms with Gasteiger partial charge in [-0.05, 0) is 19.1 Å². The van der Waals surface area contributed by atoms with E-state index in [1.165, 1.54) is 0 Å². The Morgan fingerprint density at radius 2 is 2.00 bits per heavy atom. The van der Waals surface area contributed by atoms with Crippen LogP contribution in [-0.4, -0.2) is 16.7 Å². The van der Waals surface area contributed by atoms with Crippen molar-refractivity contribution in [3.8, 4) is 17.5 Å². The molecule has 5 nitrogen and oxygen atoms in total. The van der Waals surface area contributed by atoms with E-state index in [1.54, 1.807) is 24.3 Å². The van der Waals surface area contributed by atoms with E-state index in [1.807, 2.05) is 19.1 Å². The Kier molecular flexibility index (Phi) is 4.20. The Balaban J connectivity index is 2.25. The van der Waals surface area contributed by atoms with Crippen LogP contribution in [0.15, 0.2) is 36.4 Å². The normalized spacial score (nSPS) is 10.2. The maximum Gasteiger partial charge on any atom is 0.240 e. The predicted molar refractivity (Wildman–Crippen MR) is 72.3 cm³/mol. The lowest BCUT2D eigenvalue weighted by Gasteiger charge is -2.11. The third kappa shape index (κ3) is 3.14. The fourth-order valence-electron chi connectivity index (χ4n) is 1.59. The number of nitrogen functional groups attached to an aromatic ring is 1. The van der Waals surface area contributed by atoms with Crippen LogP contribution in [0.5, 0.6) is 17.5 Å². The van der Waals surface area contributed by atoms with E-state index in [4.69, 9.17) is 15.2 Å². The molecule has 0 bridgehead atoms. The summed E-state index contributed by atoms with van der Waals surface area (Å²) >= 11 is 0. The number of anilines is 1. The Bertz CT molecular complexity index is 558. The smallest absolute Gasteiger partial charge is 0.240 e. The van der Waals surface area contributed by atoms with Crippen molar-refractivity contribution in [2.75, 3.05) is 12.3 Å². The highest BCUT2D eigenvalue weighted by Crippen LogP contribution is 2.27. The zero-order valence-corrected chi connectivity index (χ0v) is 10.7. The quantitative estimate of drug-likeness (QED) is 0.862. The molecule has 3 N–H and O–H groups in total. The second kappa shape index (κ2) is 6.06. The lowest BCUT2D eigenvalue weighted by molar-refractivity contribution is 0.275. The number of pyridine rings is 1. The molecule has 0 aliphatic carbocycles. The SMILES string of the molecule is CCOc1nc(Oc2ccccc2CO)ccc1N. The molecule has 0 spiro atoms. The van der Waals surface area contributed by atoms with Crippen molar-refractivity contribution in [3.05, 3.63) is 42.0 Å². The maximum atomic E-state index is 9.23. The molecule has 1 aromatic heterocycles. The first-order valence-electron chi connectivity index (χ1n) is 6.00. The van der Waals surface area contributed by atoms with Crippen molar-refractivity contribution in [3.63, 3.8) is 0 Å². The van der Waals surface area contributed by atoms with Crippen LogP contribution in [0.4, 0.5) is 5.69 Å². The molecule has 0 aliphatic heterocycles. The number of nitrogens with zero attached hydrogens (tertiary/aromatic N) is 1. The summed E-state index contributed by atoms with van der Waals surface area (Å²) in [6, 6.07) is 10.6. The van der Waals surface area contributed by atoms with Gasteiger partial charge in [0.1, 0.15) is 5.75 Å². The Labute approximate surface area is 111 Å². The van der Waals surface area contributed by atoms with Gasteiger partial charge >= 0.3 is 0 Å². The van der Waals surface area contributed by atoms with Gasteiger partial charge < -0.3 is 20.3 Å². The number of nitrogens with two attached hydrogens (primary N) is 1. The van der Waals surface area contributed by atoms with Crippen LogP contribution in [0.25, 0.3) is 0 Å². The summed E-state index contributed by atoms with van der Waals surface area (Å²) < 4.78 is 10.9. The topological polar surface area (TPSA) is 77.6 Å². The van der Waals surface area contributed by atoms with E-state index in [-0.39, 0.29) is 6.61 Å². The van der Waals surface area contributed by atoms with Crippen LogP contribution < -0.4 is 15.2 Å². The molecule has 0 saturated heterocycles. The van der Waals surface area contributed by atoms with Gasteiger partial charge in [0.25, 0.3) is 0 Å². The van der Waals surface area contributed by atoms with Gasteiger partial charge in [-0.2, -0.15) is 4.98 Å². The minimum absolute atomic E-state index is 0.0938. The number of aliphatic hydroxyl groups is 1. The van der Waals surface area contributed by atoms with Gasteiger partial charge in [0.15, 0.2) is 0 Å². The van der Waals surface area contributed by atoms with Crippen molar-refractivity contribution in [2.45, 2.75) is 13.5 Å². The highest BCUT2D eigenvalue weighted by atomic mass is 16.5. The van der Waals surface area contributed by atoms with Crippen LogP contribution in [-0.2, 0) is 6.61 Å². The van der Waals surface area contributed by atoms with Gasteiger partial charge in [-0.1, -0.05) is 18.2 Å². The minimum atomic E-state index is -0.0938. The number of rotatable bonds is 5. The lowest BCUT2D eigenvalue weighted by Crippen LogP contribution is -2.01. The molecule has 0 aliphatic rings. The van der Waals surface area contributed by atoms with Gasteiger partial charge in [-0.25, -0.2) is 0 Å². The monoisotopic (exact) mass is 260 g/mol. The number of hydrogen-bond acceptors (Lipinski definition) is 5. The molecule has 2 rings (SSSR count). The van der Waals surface area contributed by atoms with Crippen LogP contribution in [0.3, 0.4) is 0 Å². The minimum Gasteiger partial charge on any atom is -0.476 e. The van der Waals surface area contributed by atoms with E-state index < -0.39 is 0 Å². The highest BCUT2D eigenvalue weighted by Gasteiger charge is 2.08. The second-order valence-electron chi connectivity index (χ2n) is 3.84. The predicted octanol–water partition coefficient (Wildman–Crippen LogP) is 2.35. The van der Waals surface area contributed by atoms with Crippen molar-refractivity contribution in [1.29, 1.82) is 0 Å². The zero-order chi connectivity index (χ0) is 13.7. The van der Waals surface area contributed by atoms with Crippen LogP contribution in [0.2, 0.25) is 0 Å². The molecule has 0 saturated carbocycles. The van der Waals surface area contributed by atoms with Crippen LogP contribution >= 0.6 is 0 Å². The molecular formula is C14H16N2O3. The zero-order valence-electron chi connectivity index (χ0n) is 10.7. The summed E-state index contributed by atoms with van der Waals surface area (Å²) in [5, 5.41) is 9.23. The van der Waals surface area contributed by atoms with E-state index >= 15 is 0 Å². The third-order valence-electron chi connectivity index (χ3n) is 2.50. The van der Waals surface area contributed by atoms with Gasteiger partial charge in [-0.3, -0.25) is 0 Å². The van der Waals surface area contributed by atoms with E-state index in [0.29, 0.717) is 35.4 Å². The Morgan fingerprint density at radius 3 is 2.74 bits per heavy atom. The Hall–Kier alpha value is -2.27. The van der Waals surface area contributed by atoms with Crippen LogP contribution in [0, 0.1) is 0 Å². The number of para-hydroxylation sites is 1. The average molecular weight is 260 g/mol. The average Bonchev–Trinajstić information content (AvgIpc) is 2.43. The molecule has 0 radical (unpaired) electrons. The summed E-state index contributed by atoms with van der Waals surface area (Å²) in [4.78, 5) is 4.18. The number of aromatic nitrogens is 1. The largest absolute Gasteiger partial charge is 0.476 e. The van der Waals surface area contributed by atoms with Gasteiger partial charge in [0.2, 0.25) is 11.8 Å². The van der Waals surface area contributed by atoms with Crippen molar-refractivity contribution >= 4 is 5.69 Å². The molecule has 0 unspecified atom stereocenters. The van der Waals surface area contributed by atoms with E-state index in [2.05, 4.69) is 4.98 Å². The van der Waals surface area contributed by atoms with Crippen molar-refractivity contribution < 1.29 is 14.6 Å². The number of ether oxygens (including phenoxy) is 2. The van der Waals surface area contributed by atoms with Gasteiger partial charge in [0.05, 0.1) is 18.9 Å². The lowest BCUT2D eigenvalue weighted by atomic mass is 10.2. The molecule has 5 heteroatoms. The third-order valence-corrected chi connectivity index (χ3v) is 2.50. The molecule has 100 valence electrons. The van der Waals surface area contributed by atoms with Crippen molar-refractivity contribution in [2.24, 2.45) is 0 Å². The number of hydrogen-bond donors (Lipinski definition) is 2. The van der Waals surface area contributed by atoms with E-state index in [0.717, 1.165) is 0 Å². The van der Waals surface area contributed by atoms with Crippen LogP contribution in [0.1, 0.15) is 12.5 Å². The fourth-order valence-corrected chi connectivity index (χ4v) is 1.59. The second-order valence-corrected chi connectivity index (χ2v) is 3.84. The van der Waals surface area contributed by atoms with Gasteiger partial charge in [-0.15, -0.1) is 0 Å². The molecule has 0 amide bonds. The van der Waals surface area contributed by atoms with Crippen molar-refractivity contribution in [1.82, 2.24) is 4.98 Å². The first-order chi connectivity index (χ1) is 9.24. The highest BCUT2D eigenvalue weighted by molar-refractivity contribution is 5.50. The fraction of sp³-hybridized carbons (Fsp3) is 0.214. The summed E-state index contributed by atoms with van der Waals surface area (Å²) in [6.07, 6.45) is 0. The number of aliphatic hydroxyl groups excluding tert-OH is 1. The first-order valence-corrected chi connectivity index (χ1v) is 6.00. The standard InChI is InChI=1S/C14H16N2O3/c1-2-18-14-11(15)7-8-13(16-14)19-12-6-4-3-5-10(12)9-17/h3-8,17H,2,9,15H2,1H3. The molecule has 1 aromatic carbocycles. The molecule has 2 aromatic rings. The molecule has 0 fully saturated rings. The summed E-state index contributed by atoms with van der Waals surface area (Å²) in [5.41, 5.74) is 6.90.